The second-order valence-electron chi connectivity index (χ2n) is 2.36. The van der Waals surface area contributed by atoms with Crippen molar-refractivity contribution in [2.75, 3.05) is 5.48 Å². The van der Waals surface area contributed by atoms with Crippen molar-refractivity contribution in [2.45, 2.75) is 6.92 Å². The first kappa shape index (κ1) is 9.31. The molecule has 1 aromatic carbocycles. The van der Waals surface area contributed by atoms with Gasteiger partial charge in [-0.15, -0.1) is 0 Å². The van der Waals surface area contributed by atoms with E-state index < -0.39 is 17.5 Å². The van der Waals surface area contributed by atoms with E-state index >= 15 is 0 Å². The number of phenolic OH excluding ortho intramolecular Hbond substituents is 1. The highest BCUT2D eigenvalue weighted by atomic mass is 19.1. The third-order valence-electron chi connectivity index (χ3n) is 1.26. The zero-order chi connectivity index (χ0) is 9.84. The van der Waals surface area contributed by atoms with Gasteiger partial charge in [0.2, 0.25) is 0 Å². The lowest BCUT2D eigenvalue weighted by molar-refractivity contribution is -0.138. The predicted molar refractivity (Wildman–Crippen MR) is 43.5 cm³/mol. The first-order valence-corrected chi connectivity index (χ1v) is 3.51. The van der Waals surface area contributed by atoms with Gasteiger partial charge < -0.3 is 9.94 Å². The molecule has 0 saturated heterocycles. The van der Waals surface area contributed by atoms with Crippen molar-refractivity contribution in [1.82, 2.24) is 0 Å². The van der Waals surface area contributed by atoms with Crippen molar-refractivity contribution in [3.05, 3.63) is 24.0 Å². The average molecular weight is 185 g/mol. The van der Waals surface area contributed by atoms with E-state index in [-0.39, 0.29) is 5.69 Å². The predicted octanol–water partition coefficient (Wildman–Crippen LogP) is 1.42. The van der Waals surface area contributed by atoms with Gasteiger partial charge in [-0.3, -0.25) is 4.79 Å². The normalized spacial score (nSPS) is 9.38. The standard InChI is InChI=1S/C8H8FNO3/c1-5(11)13-10-6-2-3-8(12)7(9)4-6/h2-4,10,12H,1H3. The van der Waals surface area contributed by atoms with Gasteiger partial charge in [-0.25, -0.2) is 9.87 Å². The summed E-state index contributed by atoms with van der Waals surface area (Å²) in [5, 5.41) is 8.81. The lowest BCUT2D eigenvalue weighted by Crippen LogP contribution is -2.06. The van der Waals surface area contributed by atoms with Crippen molar-refractivity contribution >= 4 is 11.7 Å². The van der Waals surface area contributed by atoms with Crippen molar-refractivity contribution < 1.29 is 19.1 Å². The molecule has 70 valence electrons. The average Bonchev–Trinajstić information content (AvgIpc) is 2.07. The molecule has 1 aromatic rings. The maximum Gasteiger partial charge on any atom is 0.329 e. The van der Waals surface area contributed by atoms with E-state index in [9.17, 15) is 9.18 Å². The van der Waals surface area contributed by atoms with Crippen LogP contribution in [0.4, 0.5) is 10.1 Å². The van der Waals surface area contributed by atoms with Crippen molar-refractivity contribution in [1.29, 1.82) is 0 Å². The summed E-state index contributed by atoms with van der Waals surface area (Å²) in [6.45, 7) is 1.21. The van der Waals surface area contributed by atoms with Crippen LogP contribution in [0.3, 0.4) is 0 Å². The van der Waals surface area contributed by atoms with Gasteiger partial charge in [0.25, 0.3) is 0 Å². The molecule has 0 aromatic heterocycles. The Morgan fingerprint density at radius 2 is 2.31 bits per heavy atom. The topological polar surface area (TPSA) is 58.6 Å². The minimum atomic E-state index is -0.780. The van der Waals surface area contributed by atoms with E-state index in [0.717, 1.165) is 12.1 Å². The molecule has 0 unspecified atom stereocenters. The Morgan fingerprint density at radius 1 is 1.62 bits per heavy atom. The Kier molecular flexibility index (Phi) is 2.69. The molecule has 0 saturated carbocycles. The largest absolute Gasteiger partial charge is 0.505 e. The fourth-order valence-corrected chi connectivity index (χ4v) is 0.701. The Balaban J connectivity index is 2.68. The van der Waals surface area contributed by atoms with E-state index in [2.05, 4.69) is 10.3 Å². The summed E-state index contributed by atoms with van der Waals surface area (Å²) in [6.07, 6.45) is 0. The van der Waals surface area contributed by atoms with E-state index in [4.69, 9.17) is 5.11 Å². The van der Waals surface area contributed by atoms with Gasteiger partial charge >= 0.3 is 5.97 Å². The van der Waals surface area contributed by atoms with Gasteiger partial charge in [0.1, 0.15) is 0 Å². The summed E-state index contributed by atoms with van der Waals surface area (Å²) in [4.78, 5) is 14.7. The summed E-state index contributed by atoms with van der Waals surface area (Å²) >= 11 is 0. The molecule has 4 nitrogen and oxygen atoms in total. The van der Waals surface area contributed by atoms with E-state index in [1.165, 1.54) is 13.0 Å². The van der Waals surface area contributed by atoms with Crippen LogP contribution in [0, 0.1) is 5.82 Å². The molecule has 0 fully saturated rings. The van der Waals surface area contributed by atoms with Gasteiger partial charge in [0, 0.05) is 13.0 Å². The van der Waals surface area contributed by atoms with Crippen LogP contribution in [-0.4, -0.2) is 11.1 Å². The van der Waals surface area contributed by atoms with Gasteiger partial charge in [-0.2, -0.15) is 0 Å². The Bertz CT molecular complexity index is 327. The van der Waals surface area contributed by atoms with Crippen LogP contribution >= 0.6 is 0 Å². The third-order valence-corrected chi connectivity index (χ3v) is 1.26. The van der Waals surface area contributed by atoms with Crippen LogP contribution in [0.15, 0.2) is 18.2 Å². The molecule has 5 heteroatoms. The molecule has 0 heterocycles. The highest BCUT2D eigenvalue weighted by molar-refractivity contribution is 5.67. The number of hydrogen-bond acceptors (Lipinski definition) is 4. The summed E-state index contributed by atoms with van der Waals surface area (Å²) < 4.78 is 12.7. The zero-order valence-electron chi connectivity index (χ0n) is 6.87. The number of rotatable bonds is 2. The minimum Gasteiger partial charge on any atom is -0.505 e. The molecule has 0 atom stereocenters. The fourth-order valence-electron chi connectivity index (χ4n) is 0.701. The maximum absolute atomic E-state index is 12.7. The van der Waals surface area contributed by atoms with E-state index in [1.54, 1.807) is 0 Å². The van der Waals surface area contributed by atoms with E-state index in [0.29, 0.717) is 0 Å². The van der Waals surface area contributed by atoms with Gasteiger partial charge in [-0.05, 0) is 12.1 Å². The first-order chi connectivity index (χ1) is 6.09. The summed E-state index contributed by atoms with van der Waals surface area (Å²) in [5.74, 6) is -1.76. The fraction of sp³-hybridized carbons (Fsp3) is 0.125. The number of carbonyl (C=O) groups excluding carboxylic acids is 1. The monoisotopic (exact) mass is 185 g/mol. The van der Waals surface area contributed by atoms with Crippen LogP contribution in [0.2, 0.25) is 0 Å². The highest BCUT2D eigenvalue weighted by Crippen LogP contribution is 2.19. The first-order valence-electron chi connectivity index (χ1n) is 3.51. The zero-order valence-corrected chi connectivity index (χ0v) is 6.87. The van der Waals surface area contributed by atoms with Crippen molar-refractivity contribution in [3.63, 3.8) is 0 Å². The second-order valence-corrected chi connectivity index (χ2v) is 2.36. The minimum absolute atomic E-state index is 0.255. The SMILES string of the molecule is CC(=O)ONc1ccc(O)c(F)c1. The number of halogens is 1. The number of benzene rings is 1. The van der Waals surface area contributed by atoms with Gasteiger partial charge in [0.05, 0.1) is 5.69 Å². The Hall–Kier alpha value is -1.78. The molecular weight excluding hydrogens is 177 g/mol. The maximum atomic E-state index is 12.7. The molecule has 2 N–H and O–H groups in total. The molecule has 0 amide bonds. The summed E-state index contributed by atoms with van der Waals surface area (Å²) in [7, 11) is 0. The quantitative estimate of drug-likeness (QED) is 0.540. The summed E-state index contributed by atoms with van der Waals surface area (Å²) in [5.41, 5.74) is 2.47. The molecule has 0 aliphatic rings. The van der Waals surface area contributed by atoms with Gasteiger partial charge in [-0.1, -0.05) is 0 Å². The highest BCUT2D eigenvalue weighted by Gasteiger charge is 2.01. The number of aromatic hydroxyl groups is 1. The summed E-state index contributed by atoms with van der Waals surface area (Å²) in [6, 6.07) is 3.54. The van der Waals surface area contributed by atoms with E-state index in [1.807, 2.05) is 0 Å². The number of hydrogen-bond donors (Lipinski definition) is 2. The number of anilines is 1. The second kappa shape index (κ2) is 3.75. The lowest BCUT2D eigenvalue weighted by atomic mass is 10.3. The van der Waals surface area contributed by atoms with Crippen molar-refractivity contribution in [2.24, 2.45) is 0 Å². The lowest BCUT2D eigenvalue weighted by Gasteiger charge is -2.04. The number of nitrogens with one attached hydrogen (secondary N) is 1. The third kappa shape index (κ3) is 2.62. The van der Waals surface area contributed by atoms with Gasteiger partial charge in [0.15, 0.2) is 11.6 Å². The van der Waals surface area contributed by atoms with Crippen molar-refractivity contribution in [3.8, 4) is 5.75 Å². The molecular formula is C8H8FNO3. The molecule has 1 rings (SSSR count). The Labute approximate surface area is 73.9 Å². The van der Waals surface area contributed by atoms with Crippen LogP contribution in [0.1, 0.15) is 6.92 Å². The van der Waals surface area contributed by atoms with Crippen LogP contribution in [-0.2, 0) is 9.63 Å². The molecule has 13 heavy (non-hydrogen) atoms. The molecule has 0 bridgehead atoms. The smallest absolute Gasteiger partial charge is 0.329 e. The van der Waals surface area contributed by atoms with Crippen LogP contribution < -0.4 is 5.48 Å². The molecule has 0 aliphatic heterocycles. The van der Waals surface area contributed by atoms with Crippen LogP contribution in [0.5, 0.6) is 5.75 Å². The molecule has 0 spiro atoms. The molecule has 0 radical (unpaired) electrons. The number of carbonyl (C=O) groups is 1. The molecule has 0 aliphatic carbocycles. The van der Waals surface area contributed by atoms with Crippen LogP contribution in [0.25, 0.3) is 0 Å². The number of phenols is 1. The Morgan fingerprint density at radius 3 is 2.85 bits per heavy atom.